The van der Waals surface area contributed by atoms with E-state index in [9.17, 15) is 8.42 Å². The summed E-state index contributed by atoms with van der Waals surface area (Å²) in [4.78, 5) is 0. The van der Waals surface area contributed by atoms with E-state index in [0.29, 0.717) is 25.3 Å². The topological polar surface area (TPSA) is 46.2 Å². The van der Waals surface area contributed by atoms with Gasteiger partial charge in [-0.25, -0.2) is 13.1 Å². The zero-order chi connectivity index (χ0) is 10.2. The Balaban J connectivity index is 3.63. The van der Waals surface area contributed by atoms with E-state index < -0.39 is 10.0 Å². The molecular weight excluding hydrogens is 210 g/mol. The van der Waals surface area contributed by atoms with Crippen LogP contribution in [0.15, 0.2) is 0 Å². The monoisotopic (exact) mass is 223 g/mol. The Kier molecular flexibility index (Phi) is 7.06. The summed E-state index contributed by atoms with van der Waals surface area (Å²) in [5, 5.41) is 0. The van der Waals surface area contributed by atoms with Gasteiger partial charge in [0.1, 0.15) is 0 Å². The van der Waals surface area contributed by atoms with Crippen LogP contribution >= 0.6 is 11.6 Å². The molecule has 0 spiro atoms. The Bertz CT molecular complexity index is 256. The van der Waals surface area contributed by atoms with Crippen molar-refractivity contribution < 1.29 is 8.42 Å². The van der Waals surface area contributed by atoms with Gasteiger partial charge in [0.2, 0.25) is 10.0 Å². The van der Waals surface area contributed by atoms with Gasteiger partial charge in [-0.05, 0) is 12.8 Å². The van der Waals surface area contributed by atoms with E-state index in [2.05, 4.69) is 10.6 Å². The maximum atomic E-state index is 11.2. The highest BCUT2D eigenvalue weighted by molar-refractivity contribution is 7.89. The molecule has 0 heterocycles. The first-order valence-corrected chi connectivity index (χ1v) is 6.28. The van der Waals surface area contributed by atoms with Crippen LogP contribution in [0.2, 0.25) is 0 Å². The van der Waals surface area contributed by atoms with Crippen LogP contribution in [0, 0.1) is 12.3 Å². The van der Waals surface area contributed by atoms with Crippen LogP contribution in [0.25, 0.3) is 0 Å². The number of alkyl halides is 1. The molecule has 0 aromatic rings. The molecule has 0 atom stereocenters. The molecule has 0 saturated heterocycles. The molecule has 0 aliphatic rings. The van der Waals surface area contributed by atoms with Gasteiger partial charge in [-0.15, -0.1) is 23.9 Å². The Morgan fingerprint density at radius 2 is 2.08 bits per heavy atom. The minimum atomic E-state index is -3.13. The Hall–Kier alpha value is -0.240. The van der Waals surface area contributed by atoms with Gasteiger partial charge in [0.05, 0.1) is 5.75 Å². The molecule has 13 heavy (non-hydrogen) atoms. The number of rotatable bonds is 7. The highest BCUT2D eigenvalue weighted by atomic mass is 35.5. The van der Waals surface area contributed by atoms with E-state index in [0.717, 1.165) is 6.42 Å². The standard InChI is InChI=1S/C8H14ClNO2S/c1-2-3-7-10-13(11,12)8-5-4-6-9/h1,10H,3-8H2. The van der Waals surface area contributed by atoms with Gasteiger partial charge in [-0.1, -0.05) is 0 Å². The molecular formula is C8H14ClNO2S. The molecule has 5 heteroatoms. The molecule has 0 unspecified atom stereocenters. The van der Waals surface area contributed by atoms with E-state index in [4.69, 9.17) is 18.0 Å². The summed E-state index contributed by atoms with van der Waals surface area (Å²) >= 11 is 5.42. The number of halogens is 1. The number of hydrogen-bond acceptors (Lipinski definition) is 2. The Morgan fingerprint density at radius 3 is 2.62 bits per heavy atom. The number of nitrogens with one attached hydrogen (secondary N) is 1. The fourth-order valence-corrected chi connectivity index (χ4v) is 2.07. The lowest BCUT2D eigenvalue weighted by atomic mass is 10.4. The van der Waals surface area contributed by atoms with Gasteiger partial charge in [0.25, 0.3) is 0 Å². The molecule has 0 aromatic carbocycles. The van der Waals surface area contributed by atoms with Crippen molar-refractivity contribution in [1.29, 1.82) is 0 Å². The maximum absolute atomic E-state index is 11.2. The van der Waals surface area contributed by atoms with Gasteiger partial charge in [-0.3, -0.25) is 0 Å². The van der Waals surface area contributed by atoms with Crippen molar-refractivity contribution in [3.05, 3.63) is 0 Å². The van der Waals surface area contributed by atoms with Gasteiger partial charge in [0.15, 0.2) is 0 Å². The lowest BCUT2D eigenvalue weighted by molar-refractivity contribution is 0.579. The summed E-state index contributed by atoms with van der Waals surface area (Å²) < 4.78 is 24.7. The van der Waals surface area contributed by atoms with Crippen molar-refractivity contribution in [3.63, 3.8) is 0 Å². The van der Waals surface area contributed by atoms with Crippen LogP contribution in [0.1, 0.15) is 19.3 Å². The maximum Gasteiger partial charge on any atom is 0.211 e. The highest BCUT2D eigenvalue weighted by Crippen LogP contribution is 1.96. The average Bonchev–Trinajstić information content (AvgIpc) is 2.05. The molecule has 0 aliphatic carbocycles. The third-order valence-corrected chi connectivity index (χ3v) is 3.13. The van der Waals surface area contributed by atoms with Gasteiger partial charge in [0, 0.05) is 18.8 Å². The first kappa shape index (κ1) is 12.8. The zero-order valence-corrected chi connectivity index (χ0v) is 9.00. The highest BCUT2D eigenvalue weighted by Gasteiger charge is 2.07. The quantitative estimate of drug-likeness (QED) is 0.397. The van der Waals surface area contributed by atoms with Gasteiger partial charge < -0.3 is 0 Å². The normalized spacial score (nSPS) is 11.1. The largest absolute Gasteiger partial charge is 0.214 e. The molecule has 0 bridgehead atoms. The Morgan fingerprint density at radius 1 is 1.38 bits per heavy atom. The van der Waals surface area contributed by atoms with Crippen LogP contribution in [-0.2, 0) is 10.0 Å². The summed E-state index contributed by atoms with van der Waals surface area (Å²) in [6.45, 7) is 0.319. The third-order valence-electron chi connectivity index (χ3n) is 1.39. The molecule has 3 nitrogen and oxygen atoms in total. The molecule has 0 amide bonds. The minimum absolute atomic E-state index is 0.129. The molecule has 0 aromatic heterocycles. The molecule has 1 N–H and O–H groups in total. The number of sulfonamides is 1. The number of hydrogen-bond donors (Lipinski definition) is 1. The fraction of sp³-hybridized carbons (Fsp3) is 0.750. The van der Waals surface area contributed by atoms with E-state index in [-0.39, 0.29) is 5.75 Å². The number of terminal acetylenes is 1. The zero-order valence-electron chi connectivity index (χ0n) is 7.42. The van der Waals surface area contributed by atoms with Crippen molar-refractivity contribution in [3.8, 4) is 12.3 Å². The number of unbranched alkanes of at least 4 members (excludes halogenated alkanes) is 1. The molecule has 0 radical (unpaired) electrons. The summed E-state index contributed by atoms with van der Waals surface area (Å²) in [7, 11) is -3.13. The second kappa shape index (κ2) is 7.19. The second-order valence-corrected chi connectivity index (χ2v) is 4.87. The Labute approximate surface area is 84.9 Å². The predicted octanol–water partition coefficient (Wildman–Crippen LogP) is 0.948. The lowest BCUT2D eigenvalue weighted by Crippen LogP contribution is -2.27. The molecule has 0 rings (SSSR count). The van der Waals surface area contributed by atoms with Crippen LogP contribution in [0.5, 0.6) is 0 Å². The lowest BCUT2D eigenvalue weighted by Gasteiger charge is -2.03. The predicted molar refractivity (Wildman–Crippen MR) is 55.2 cm³/mol. The van der Waals surface area contributed by atoms with Crippen LogP contribution < -0.4 is 4.72 Å². The van der Waals surface area contributed by atoms with Crippen LogP contribution in [-0.4, -0.2) is 26.6 Å². The summed E-state index contributed by atoms with van der Waals surface area (Å²) in [5.41, 5.74) is 0. The van der Waals surface area contributed by atoms with Gasteiger partial charge in [-0.2, -0.15) is 0 Å². The van der Waals surface area contributed by atoms with Crippen molar-refractivity contribution in [2.45, 2.75) is 19.3 Å². The first-order chi connectivity index (χ1) is 6.12. The van der Waals surface area contributed by atoms with E-state index in [1.165, 1.54) is 0 Å². The van der Waals surface area contributed by atoms with Gasteiger partial charge >= 0.3 is 0 Å². The fourth-order valence-electron chi connectivity index (χ4n) is 0.737. The van der Waals surface area contributed by atoms with Crippen molar-refractivity contribution in [2.24, 2.45) is 0 Å². The summed E-state index contributed by atoms with van der Waals surface area (Å²) in [6.07, 6.45) is 6.71. The smallest absolute Gasteiger partial charge is 0.211 e. The molecule has 76 valence electrons. The molecule has 0 aliphatic heterocycles. The molecule has 0 fully saturated rings. The second-order valence-electron chi connectivity index (χ2n) is 2.56. The van der Waals surface area contributed by atoms with E-state index in [1.54, 1.807) is 0 Å². The summed E-state index contributed by atoms with van der Waals surface area (Å²) in [5.74, 6) is 2.99. The first-order valence-electron chi connectivity index (χ1n) is 4.09. The SMILES string of the molecule is C#CCCNS(=O)(=O)CCCCCl. The van der Waals surface area contributed by atoms with Crippen LogP contribution in [0.4, 0.5) is 0 Å². The average molecular weight is 224 g/mol. The van der Waals surface area contributed by atoms with Crippen molar-refractivity contribution in [1.82, 2.24) is 4.72 Å². The van der Waals surface area contributed by atoms with Crippen molar-refractivity contribution in [2.75, 3.05) is 18.2 Å². The molecule has 0 saturated carbocycles. The van der Waals surface area contributed by atoms with E-state index in [1.807, 2.05) is 0 Å². The third kappa shape index (κ3) is 8.10. The van der Waals surface area contributed by atoms with Crippen molar-refractivity contribution >= 4 is 21.6 Å². The van der Waals surface area contributed by atoms with E-state index >= 15 is 0 Å². The van der Waals surface area contributed by atoms with Crippen LogP contribution in [0.3, 0.4) is 0 Å². The minimum Gasteiger partial charge on any atom is -0.214 e. The summed E-state index contributed by atoms with van der Waals surface area (Å²) in [6, 6.07) is 0.